The number of rotatable bonds is 6. The Morgan fingerprint density at radius 3 is 2.19 bits per heavy atom. The first-order chi connectivity index (χ1) is 15.1. The molecule has 0 heterocycles. The molecule has 0 unspecified atom stereocenters. The predicted octanol–water partition coefficient (Wildman–Crippen LogP) is 3.31. The number of aryl methyl sites for hydroxylation is 1. The van der Waals surface area contributed by atoms with Gasteiger partial charge in [-0.1, -0.05) is 30.3 Å². The first-order valence-corrected chi connectivity index (χ1v) is 11.3. The van der Waals surface area contributed by atoms with Crippen molar-refractivity contribution in [2.24, 2.45) is 5.73 Å². The van der Waals surface area contributed by atoms with Crippen LogP contribution in [0.5, 0.6) is 0 Å². The molecule has 0 bridgehead atoms. The highest BCUT2D eigenvalue weighted by atomic mass is 32.2. The minimum Gasteiger partial charge on any atom is -0.384 e. The molecule has 0 saturated carbocycles. The molecule has 0 fully saturated rings. The van der Waals surface area contributed by atoms with Crippen LogP contribution in [0, 0.1) is 12.3 Å². The molecule has 0 atom stereocenters. The molecular formula is C23H21N3O5S. The summed E-state index contributed by atoms with van der Waals surface area (Å²) in [6.45, 7) is 1.78. The van der Waals surface area contributed by atoms with E-state index in [1.54, 1.807) is 67.6 Å². The Balaban J connectivity index is 2.03. The standard InChI is InChI=1S/C23H21N3O5S/c1-14-6-5-9-19(22(27)26-16-12-10-15(11-13-16)21(24)25)20(14)17-7-3-4-8-18(17)23(28)31-32(2,29)30/h3-13H,1-2H3,(H3,24,25)(H,26,27). The molecule has 8 nitrogen and oxygen atoms in total. The third-order valence-corrected chi connectivity index (χ3v) is 5.07. The molecule has 0 aliphatic heterocycles. The molecule has 0 aromatic heterocycles. The van der Waals surface area contributed by atoms with Gasteiger partial charge >= 0.3 is 16.1 Å². The predicted molar refractivity (Wildman–Crippen MR) is 122 cm³/mol. The van der Waals surface area contributed by atoms with Crippen molar-refractivity contribution in [3.05, 3.63) is 89.0 Å². The van der Waals surface area contributed by atoms with Gasteiger partial charge in [-0.15, -0.1) is 0 Å². The summed E-state index contributed by atoms with van der Waals surface area (Å²) in [5.41, 5.74) is 8.35. The summed E-state index contributed by atoms with van der Waals surface area (Å²) >= 11 is 0. The van der Waals surface area contributed by atoms with Crippen LogP contribution in [0.3, 0.4) is 0 Å². The highest BCUT2D eigenvalue weighted by molar-refractivity contribution is 7.86. The van der Waals surface area contributed by atoms with Crippen LogP contribution in [0.25, 0.3) is 11.1 Å². The fourth-order valence-corrected chi connectivity index (χ4v) is 3.57. The summed E-state index contributed by atoms with van der Waals surface area (Å²) in [6.07, 6.45) is 0.789. The number of amidine groups is 1. The van der Waals surface area contributed by atoms with E-state index in [4.69, 9.17) is 11.1 Å². The Labute approximate surface area is 185 Å². The third-order valence-electron chi connectivity index (χ3n) is 4.61. The van der Waals surface area contributed by atoms with E-state index in [-0.39, 0.29) is 11.4 Å². The second-order valence-electron chi connectivity index (χ2n) is 7.06. The fourth-order valence-electron chi connectivity index (χ4n) is 3.21. The molecule has 0 saturated heterocycles. The molecule has 3 rings (SSSR count). The Kier molecular flexibility index (Phi) is 6.40. The zero-order valence-corrected chi connectivity index (χ0v) is 18.2. The maximum Gasteiger partial charge on any atom is 0.354 e. The zero-order chi connectivity index (χ0) is 23.5. The first-order valence-electron chi connectivity index (χ1n) is 9.45. The minimum absolute atomic E-state index is 0.0205. The first kappa shape index (κ1) is 22.7. The van der Waals surface area contributed by atoms with Crippen LogP contribution in [0.4, 0.5) is 5.69 Å². The number of carbonyl (C=O) groups excluding carboxylic acids is 2. The van der Waals surface area contributed by atoms with E-state index >= 15 is 0 Å². The van der Waals surface area contributed by atoms with Crippen molar-refractivity contribution in [1.82, 2.24) is 0 Å². The Hall–Kier alpha value is -3.98. The van der Waals surface area contributed by atoms with Gasteiger partial charge in [0.15, 0.2) is 0 Å². The lowest BCUT2D eigenvalue weighted by Crippen LogP contribution is -2.16. The van der Waals surface area contributed by atoms with Crippen molar-refractivity contribution in [1.29, 1.82) is 5.41 Å². The van der Waals surface area contributed by atoms with Gasteiger partial charge in [-0.05, 0) is 60.0 Å². The van der Waals surface area contributed by atoms with Gasteiger partial charge in [0.25, 0.3) is 5.91 Å². The number of hydrogen-bond acceptors (Lipinski definition) is 6. The van der Waals surface area contributed by atoms with E-state index in [0.29, 0.717) is 33.5 Å². The smallest absolute Gasteiger partial charge is 0.354 e. The van der Waals surface area contributed by atoms with Crippen molar-refractivity contribution >= 4 is 33.5 Å². The number of carbonyl (C=O) groups is 2. The summed E-state index contributed by atoms with van der Waals surface area (Å²) in [4.78, 5) is 25.6. The van der Waals surface area contributed by atoms with Gasteiger partial charge in [-0.2, -0.15) is 8.42 Å². The van der Waals surface area contributed by atoms with Gasteiger partial charge in [0.1, 0.15) is 5.84 Å². The quantitative estimate of drug-likeness (QED) is 0.298. The summed E-state index contributed by atoms with van der Waals surface area (Å²) in [7, 11) is -4.01. The molecule has 32 heavy (non-hydrogen) atoms. The van der Waals surface area contributed by atoms with Gasteiger partial charge in [-0.25, -0.2) is 4.79 Å². The summed E-state index contributed by atoms with van der Waals surface area (Å²) in [5, 5.41) is 10.2. The Bertz CT molecular complexity index is 1320. The van der Waals surface area contributed by atoms with Crippen LogP contribution < -0.4 is 11.1 Å². The zero-order valence-electron chi connectivity index (χ0n) is 17.4. The summed E-state index contributed by atoms with van der Waals surface area (Å²) in [5.74, 6) is -1.54. The number of benzene rings is 3. The van der Waals surface area contributed by atoms with Crippen LogP contribution in [-0.2, 0) is 14.3 Å². The molecule has 1 amide bonds. The van der Waals surface area contributed by atoms with Crippen LogP contribution in [-0.4, -0.2) is 32.4 Å². The highest BCUT2D eigenvalue weighted by Gasteiger charge is 2.22. The van der Waals surface area contributed by atoms with Crippen molar-refractivity contribution in [3.63, 3.8) is 0 Å². The van der Waals surface area contributed by atoms with Gasteiger partial charge in [0.05, 0.1) is 11.8 Å². The molecule has 3 aromatic rings. The molecule has 164 valence electrons. The topological polar surface area (TPSA) is 139 Å². The number of hydrogen-bond donors (Lipinski definition) is 3. The lowest BCUT2D eigenvalue weighted by atomic mass is 9.91. The van der Waals surface area contributed by atoms with Gasteiger partial charge in [0, 0.05) is 16.8 Å². The molecule has 0 aliphatic carbocycles. The highest BCUT2D eigenvalue weighted by Crippen LogP contribution is 2.31. The van der Waals surface area contributed by atoms with Crippen LogP contribution >= 0.6 is 0 Å². The normalized spacial score (nSPS) is 10.9. The molecule has 4 N–H and O–H groups in total. The van der Waals surface area contributed by atoms with Crippen LogP contribution in [0.2, 0.25) is 0 Å². The Morgan fingerprint density at radius 1 is 0.938 bits per heavy atom. The lowest BCUT2D eigenvalue weighted by Gasteiger charge is -2.16. The maximum absolute atomic E-state index is 13.1. The average Bonchev–Trinajstić information content (AvgIpc) is 2.72. The van der Waals surface area contributed by atoms with Crippen LogP contribution in [0.15, 0.2) is 66.7 Å². The second kappa shape index (κ2) is 9.03. The summed E-state index contributed by atoms with van der Waals surface area (Å²) in [6, 6.07) is 17.9. The monoisotopic (exact) mass is 451 g/mol. The SMILES string of the molecule is Cc1cccc(C(=O)Nc2ccc(C(=N)N)cc2)c1-c1ccccc1C(=O)OS(C)(=O)=O. The largest absolute Gasteiger partial charge is 0.384 e. The average molecular weight is 452 g/mol. The maximum atomic E-state index is 13.1. The van der Waals surface area contributed by atoms with Gasteiger partial charge in [-0.3, -0.25) is 10.2 Å². The number of nitrogen functional groups attached to an aromatic ring is 1. The molecule has 0 aliphatic rings. The lowest BCUT2D eigenvalue weighted by molar-refractivity contribution is 0.0748. The number of nitrogens with one attached hydrogen (secondary N) is 2. The molecular weight excluding hydrogens is 430 g/mol. The third kappa shape index (κ3) is 5.19. The molecule has 0 radical (unpaired) electrons. The minimum atomic E-state index is -4.01. The molecule has 9 heteroatoms. The van der Waals surface area contributed by atoms with Crippen molar-refractivity contribution in [2.75, 3.05) is 11.6 Å². The van der Waals surface area contributed by atoms with Crippen molar-refractivity contribution in [3.8, 4) is 11.1 Å². The number of nitrogens with two attached hydrogens (primary N) is 1. The van der Waals surface area contributed by atoms with E-state index in [9.17, 15) is 18.0 Å². The van der Waals surface area contributed by atoms with E-state index in [2.05, 4.69) is 9.50 Å². The number of amides is 1. The fraction of sp³-hybridized carbons (Fsp3) is 0.0870. The van der Waals surface area contributed by atoms with Gasteiger partial charge < -0.3 is 15.2 Å². The molecule has 3 aromatic carbocycles. The van der Waals surface area contributed by atoms with E-state index < -0.39 is 22.0 Å². The van der Waals surface area contributed by atoms with Crippen molar-refractivity contribution in [2.45, 2.75) is 6.92 Å². The second-order valence-corrected chi connectivity index (χ2v) is 8.64. The molecule has 0 spiro atoms. The van der Waals surface area contributed by atoms with E-state index in [1.807, 2.05) is 0 Å². The van der Waals surface area contributed by atoms with Crippen LogP contribution in [0.1, 0.15) is 31.8 Å². The number of anilines is 1. The van der Waals surface area contributed by atoms with E-state index in [0.717, 1.165) is 6.26 Å². The summed E-state index contributed by atoms with van der Waals surface area (Å²) < 4.78 is 27.4. The van der Waals surface area contributed by atoms with E-state index in [1.165, 1.54) is 6.07 Å². The van der Waals surface area contributed by atoms with Gasteiger partial charge in [0.2, 0.25) is 0 Å². The Morgan fingerprint density at radius 2 is 1.56 bits per heavy atom. The van der Waals surface area contributed by atoms with Crippen molar-refractivity contribution < 1.29 is 22.2 Å².